The van der Waals surface area contributed by atoms with Crippen molar-refractivity contribution in [3.8, 4) is 11.5 Å². The van der Waals surface area contributed by atoms with Gasteiger partial charge in [-0.3, -0.25) is 4.79 Å². The van der Waals surface area contributed by atoms with Gasteiger partial charge in [-0.1, -0.05) is 35.3 Å². The maximum atomic E-state index is 12.8. The van der Waals surface area contributed by atoms with Crippen LogP contribution in [0.5, 0.6) is 11.5 Å². The van der Waals surface area contributed by atoms with Gasteiger partial charge in [0.2, 0.25) is 0 Å². The van der Waals surface area contributed by atoms with Crippen LogP contribution < -0.4 is 20.2 Å². The van der Waals surface area contributed by atoms with Crippen molar-refractivity contribution < 1.29 is 27.4 Å². The number of anilines is 1. The van der Waals surface area contributed by atoms with E-state index in [0.29, 0.717) is 31.6 Å². The third kappa shape index (κ3) is 7.78. The van der Waals surface area contributed by atoms with Gasteiger partial charge in [-0.2, -0.15) is 18.3 Å². The molecule has 0 fully saturated rings. The number of nitrogens with zero attached hydrogens (tertiary/aromatic N) is 1. The van der Waals surface area contributed by atoms with E-state index in [9.17, 15) is 18.0 Å². The summed E-state index contributed by atoms with van der Waals surface area (Å²) < 4.78 is 50.2. The molecule has 0 saturated heterocycles. The van der Waals surface area contributed by atoms with Crippen LogP contribution in [0.25, 0.3) is 0 Å². The molecule has 0 radical (unpaired) electrons. The monoisotopic (exact) mass is 603 g/mol. The third-order valence-corrected chi connectivity index (χ3v) is 5.86. The molecule has 0 aromatic heterocycles. The van der Waals surface area contributed by atoms with Gasteiger partial charge in [-0.25, -0.2) is 5.43 Å². The van der Waals surface area contributed by atoms with Crippen molar-refractivity contribution in [1.29, 1.82) is 0 Å². The molecule has 190 valence electrons. The number of benzene rings is 3. The fourth-order valence-corrected chi connectivity index (χ4v) is 3.99. The summed E-state index contributed by atoms with van der Waals surface area (Å²) in [7, 11) is 1.48. The second-order valence-electron chi connectivity index (χ2n) is 7.28. The van der Waals surface area contributed by atoms with Gasteiger partial charge in [0.1, 0.15) is 6.61 Å². The quantitative estimate of drug-likeness (QED) is 0.205. The Morgan fingerprint density at radius 3 is 2.61 bits per heavy atom. The summed E-state index contributed by atoms with van der Waals surface area (Å²) in [4.78, 5) is 12.0. The first-order chi connectivity index (χ1) is 17.1. The highest BCUT2D eigenvalue weighted by molar-refractivity contribution is 9.10. The first-order valence-corrected chi connectivity index (χ1v) is 11.8. The molecular formula is C24H19BrCl2F3N3O3. The first-order valence-electron chi connectivity index (χ1n) is 10.2. The van der Waals surface area contributed by atoms with Crippen molar-refractivity contribution in [3.63, 3.8) is 0 Å². The zero-order chi connectivity index (χ0) is 26.3. The zero-order valence-corrected chi connectivity index (χ0v) is 21.7. The van der Waals surface area contributed by atoms with Gasteiger partial charge < -0.3 is 14.8 Å². The summed E-state index contributed by atoms with van der Waals surface area (Å²) in [6, 6.07) is 13.0. The number of amides is 1. The van der Waals surface area contributed by atoms with E-state index >= 15 is 0 Å². The van der Waals surface area contributed by atoms with Crippen molar-refractivity contribution in [2.24, 2.45) is 5.10 Å². The Hall–Kier alpha value is -2.95. The number of halogens is 6. The van der Waals surface area contributed by atoms with E-state index in [-0.39, 0.29) is 18.8 Å². The number of ether oxygens (including phenoxy) is 2. The number of alkyl halides is 3. The van der Waals surface area contributed by atoms with E-state index < -0.39 is 17.6 Å². The average molecular weight is 605 g/mol. The maximum Gasteiger partial charge on any atom is 0.416 e. The van der Waals surface area contributed by atoms with Crippen LogP contribution in [0.2, 0.25) is 10.0 Å². The molecular weight excluding hydrogens is 586 g/mol. The molecule has 0 aliphatic carbocycles. The number of hydrogen-bond acceptors (Lipinski definition) is 5. The lowest BCUT2D eigenvalue weighted by molar-refractivity contribution is -0.137. The lowest BCUT2D eigenvalue weighted by atomic mass is 10.2. The minimum absolute atomic E-state index is 0.160. The van der Waals surface area contributed by atoms with Crippen molar-refractivity contribution >= 4 is 56.9 Å². The van der Waals surface area contributed by atoms with Crippen molar-refractivity contribution in [2.45, 2.75) is 12.8 Å². The van der Waals surface area contributed by atoms with E-state index in [1.54, 1.807) is 30.3 Å². The Morgan fingerprint density at radius 2 is 1.92 bits per heavy atom. The molecule has 0 unspecified atom stereocenters. The van der Waals surface area contributed by atoms with Crippen LogP contribution in [0.3, 0.4) is 0 Å². The van der Waals surface area contributed by atoms with Crippen molar-refractivity contribution in [2.75, 3.05) is 19.0 Å². The maximum absolute atomic E-state index is 12.8. The number of carbonyl (C=O) groups excluding carboxylic acids is 1. The highest BCUT2D eigenvalue weighted by atomic mass is 79.9. The van der Waals surface area contributed by atoms with Crippen molar-refractivity contribution in [3.05, 3.63) is 85.8 Å². The fraction of sp³-hybridized carbons (Fsp3) is 0.167. The summed E-state index contributed by atoms with van der Waals surface area (Å²) in [6.45, 7) is -0.0982. The number of hydrogen-bond donors (Lipinski definition) is 2. The zero-order valence-electron chi connectivity index (χ0n) is 18.6. The topological polar surface area (TPSA) is 72.0 Å². The number of carbonyl (C=O) groups is 1. The van der Waals surface area contributed by atoms with Gasteiger partial charge in [0.05, 0.1) is 29.9 Å². The molecule has 0 heterocycles. The Labute approximate surface area is 223 Å². The molecule has 1 amide bonds. The first kappa shape index (κ1) is 27.6. The molecule has 0 aliphatic rings. The number of rotatable bonds is 9. The summed E-state index contributed by atoms with van der Waals surface area (Å²) in [5.74, 6) is 0.304. The van der Waals surface area contributed by atoms with Gasteiger partial charge in [0.15, 0.2) is 11.5 Å². The van der Waals surface area contributed by atoms with E-state index in [2.05, 4.69) is 31.8 Å². The third-order valence-electron chi connectivity index (χ3n) is 4.68. The Balaban J connectivity index is 1.59. The summed E-state index contributed by atoms with van der Waals surface area (Å²) in [6.07, 6.45) is -3.08. The van der Waals surface area contributed by atoms with Gasteiger partial charge in [-0.05, 0) is 64.0 Å². The molecule has 36 heavy (non-hydrogen) atoms. The normalized spacial score (nSPS) is 11.4. The SMILES string of the molecule is COc1cc(/C=N\NC(=O)CNc2cccc(C(F)(F)F)c2)cc(Br)c1OCc1ccc(Cl)cc1Cl. The van der Waals surface area contributed by atoms with Crippen LogP contribution in [-0.4, -0.2) is 25.8 Å². The number of hydrazone groups is 1. The molecule has 12 heteroatoms. The largest absolute Gasteiger partial charge is 0.493 e. The molecule has 3 rings (SSSR count). The van der Waals surface area contributed by atoms with Crippen LogP contribution >= 0.6 is 39.1 Å². The fourth-order valence-electron chi connectivity index (χ4n) is 2.95. The number of methoxy groups -OCH3 is 1. The molecule has 6 nitrogen and oxygen atoms in total. The van der Waals surface area contributed by atoms with Gasteiger partial charge in [-0.15, -0.1) is 0 Å². The second kappa shape index (κ2) is 12.3. The van der Waals surface area contributed by atoms with Crippen molar-refractivity contribution in [1.82, 2.24) is 5.43 Å². The average Bonchev–Trinajstić information content (AvgIpc) is 2.82. The van der Waals surface area contributed by atoms with E-state index in [1.165, 1.54) is 25.5 Å². The molecule has 3 aromatic rings. The minimum Gasteiger partial charge on any atom is -0.493 e. The summed E-state index contributed by atoms with van der Waals surface area (Å²) in [5.41, 5.74) is 2.98. The molecule has 2 N–H and O–H groups in total. The van der Waals surface area contributed by atoms with E-state index in [0.717, 1.165) is 17.7 Å². The molecule has 0 atom stereocenters. The van der Waals surface area contributed by atoms with Crippen LogP contribution in [0.1, 0.15) is 16.7 Å². The summed E-state index contributed by atoms with van der Waals surface area (Å²) >= 11 is 15.5. The van der Waals surface area contributed by atoms with Gasteiger partial charge >= 0.3 is 6.18 Å². The standard InChI is InChI=1S/C24H19BrCl2F3N3O3/c1-35-21-8-14(7-19(25)23(21)36-13-15-5-6-17(26)10-20(15)27)11-32-33-22(34)12-31-18-4-2-3-16(9-18)24(28,29)30/h2-11,31H,12-13H2,1H3,(H,33,34)/b32-11-. The van der Waals surface area contributed by atoms with Crippen LogP contribution in [0.4, 0.5) is 18.9 Å². The van der Waals surface area contributed by atoms with Crippen LogP contribution in [-0.2, 0) is 17.6 Å². The number of nitrogens with one attached hydrogen (secondary N) is 2. The van der Waals surface area contributed by atoms with Crippen LogP contribution in [0, 0.1) is 0 Å². The Kier molecular flexibility index (Phi) is 9.47. The smallest absolute Gasteiger partial charge is 0.416 e. The minimum atomic E-state index is -4.47. The molecule has 0 spiro atoms. The van der Waals surface area contributed by atoms with E-state index in [1.807, 2.05) is 0 Å². The molecule has 0 saturated carbocycles. The molecule has 0 aliphatic heterocycles. The van der Waals surface area contributed by atoms with Gasteiger partial charge in [0, 0.05) is 21.3 Å². The molecule has 3 aromatic carbocycles. The molecule has 0 bridgehead atoms. The summed E-state index contributed by atoms with van der Waals surface area (Å²) in [5, 5.41) is 7.50. The lowest BCUT2D eigenvalue weighted by Crippen LogP contribution is -2.26. The Bertz CT molecular complexity index is 1270. The Morgan fingerprint density at radius 1 is 1.14 bits per heavy atom. The second-order valence-corrected chi connectivity index (χ2v) is 8.98. The highest BCUT2D eigenvalue weighted by Crippen LogP contribution is 2.37. The highest BCUT2D eigenvalue weighted by Gasteiger charge is 2.30. The van der Waals surface area contributed by atoms with Gasteiger partial charge in [0.25, 0.3) is 5.91 Å². The van der Waals surface area contributed by atoms with Crippen LogP contribution in [0.15, 0.2) is 64.2 Å². The predicted molar refractivity (Wildman–Crippen MR) is 137 cm³/mol. The lowest BCUT2D eigenvalue weighted by Gasteiger charge is -2.14. The predicted octanol–water partition coefficient (Wildman–Crippen LogP) is 6.92. The van der Waals surface area contributed by atoms with E-state index in [4.69, 9.17) is 32.7 Å².